The van der Waals surface area contributed by atoms with Crippen LogP contribution in [0.1, 0.15) is 316 Å². The lowest BCUT2D eigenvalue weighted by Gasteiger charge is -2.18. The Kier molecular flexibility index (Phi) is 64.8. The first-order valence-electron chi connectivity index (χ1n) is 34.0. The number of carbonyl (C=O) groups is 3. The van der Waals surface area contributed by atoms with Crippen LogP contribution in [-0.2, 0) is 28.6 Å². The first kappa shape index (κ1) is 76.8. The molecule has 1 unspecified atom stereocenters. The van der Waals surface area contributed by atoms with E-state index in [4.69, 9.17) is 14.2 Å². The number of unbranched alkanes of at least 4 members (excludes halogenated alkanes) is 30. The van der Waals surface area contributed by atoms with Crippen molar-refractivity contribution in [1.82, 2.24) is 0 Å². The molecule has 0 bridgehead atoms. The van der Waals surface area contributed by atoms with Gasteiger partial charge in [-0.3, -0.25) is 14.4 Å². The maximum absolute atomic E-state index is 12.9. The van der Waals surface area contributed by atoms with Crippen LogP contribution in [0, 0.1) is 0 Å². The molecule has 0 saturated heterocycles. The minimum atomic E-state index is -0.805. The normalized spacial score (nSPS) is 12.9. The van der Waals surface area contributed by atoms with Crippen molar-refractivity contribution in [3.8, 4) is 0 Å². The summed E-state index contributed by atoms with van der Waals surface area (Å²) in [5, 5.41) is 0. The molecule has 0 aromatic rings. The zero-order valence-corrected chi connectivity index (χ0v) is 53.0. The van der Waals surface area contributed by atoms with Gasteiger partial charge in [0.2, 0.25) is 0 Å². The SMILES string of the molecule is CC/C=C\C/C=C\C/C=C\C/C=C\C/C=C\CCCCCC(=O)OC(COC(=O)CCCCCCCCC/C=C\C/C=C\C/C=C\CC)COC(=O)CCCCCCCCCCCCCCCCC/C=C\C/C=C\CCCCCCC. The molecule has 6 nitrogen and oxygen atoms in total. The minimum Gasteiger partial charge on any atom is -0.462 e. The third kappa shape index (κ3) is 66.5. The summed E-state index contributed by atoms with van der Waals surface area (Å²) in [4.78, 5) is 38.4. The number of rotatable bonds is 61. The van der Waals surface area contributed by atoms with Crippen molar-refractivity contribution in [2.24, 2.45) is 0 Å². The molecule has 6 heteroatoms. The second kappa shape index (κ2) is 68.3. The van der Waals surface area contributed by atoms with Crippen molar-refractivity contribution in [3.63, 3.8) is 0 Å². The molecule has 0 N–H and O–H groups in total. The molecule has 0 aromatic carbocycles. The van der Waals surface area contributed by atoms with E-state index in [9.17, 15) is 14.4 Å². The van der Waals surface area contributed by atoms with Gasteiger partial charge in [0, 0.05) is 19.3 Å². The van der Waals surface area contributed by atoms with Gasteiger partial charge in [-0.25, -0.2) is 0 Å². The molecule has 0 rings (SSSR count). The summed E-state index contributed by atoms with van der Waals surface area (Å²) in [5.74, 6) is -0.930. The van der Waals surface area contributed by atoms with Gasteiger partial charge in [0.1, 0.15) is 13.2 Å². The van der Waals surface area contributed by atoms with Crippen LogP contribution in [0.2, 0.25) is 0 Å². The Morgan fingerprint density at radius 3 is 0.765 bits per heavy atom. The molecule has 0 heterocycles. The Morgan fingerprint density at radius 2 is 0.481 bits per heavy atom. The second-order valence-electron chi connectivity index (χ2n) is 22.3. The van der Waals surface area contributed by atoms with Gasteiger partial charge in [-0.05, 0) is 128 Å². The van der Waals surface area contributed by atoms with Crippen molar-refractivity contribution in [2.75, 3.05) is 13.2 Å². The first-order valence-corrected chi connectivity index (χ1v) is 34.0. The highest BCUT2D eigenvalue weighted by Crippen LogP contribution is 2.16. The van der Waals surface area contributed by atoms with Crippen molar-refractivity contribution in [1.29, 1.82) is 0 Å². The molecular formula is C75H126O6. The molecule has 0 fully saturated rings. The van der Waals surface area contributed by atoms with E-state index in [0.717, 1.165) is 128 Å². The van der Waals surface area contributed by atoms with E-state index in [0.29, 0.717) is 12.8 Å². The van der Waals surface area contributed by atoms with Gasteiger partial charge in [0.15, 0.2) is 6.10 Å². The summed E-state index contributed by atoms with van der Waals surface area (Å²) in [5.41, 5.74) is 0. The maximum Gasteiger partial charge on any atom is 0.306 e. The van der Waals surface area contributed by atoms with Gasteiger partial charge in [0.25, 0.3) is 0 Å². The molecule has 0 aromatic heterocycles. The van der Waals surface area contributed by atoms with Crippen molar-refractivity contribution >= 4 is 17.9 Å². The lowest BCUT2D eigenvalue weighted by molar-refractivity contribution is -0.167. The van der Waals surface area contributed by atoms with Crippen LogP contribution < -0.4 is 0 Å². The van der Waals surface area contributed by atoms with Crippen LogP contribution in [-0.4, -0.2) is 37.2 Å². The third-order valence-electron chi connectivity index (χ3n) is 14.4. The third-order valence-corrected chi connectivity index (χ3v) is 14.4. The van der Waals surface area contributed by atoms with Gasteiger partial charge in [-0.2, -0.15) is 0 Å². The van der Waals surface area contributed by atoms with Crippen LogP contribution in [0.15, 0.2) is 122 Å². The number of hydrogen-bond acceptors (Lipinski definition) is 6. The Morgan fingerprint density at radius 1 is 0.259 bits per heavy atom. The summed E-state index contributed by atoms with van der Waals surface area (Å²) in [7, 11) is 0. The van der Waals surface area contributed by atoms with Gasteiger partial charge in [-0.15, -0.1) is 0 Å². The molecule has 462 valence electrons. The largest absolute Gasteiger partial charge is 0.462 e. The van der Waals surface area contributed by atoms with E-state index >= 15 is 0 Å². The monoisotopic (exact) mass is 1120 g/mol. The van der Waals surface area contributed by atoms with E-state index in [-0.39, 0.29) is 37.5 Å². The maximum atomic E-state index is 12.9. The number of ether oxygens (including phenoxy) is 3. The van der Waals surface area contributed by atoms with Crippen molar-refractivity contribution in [3.05, 3.63) is 122 Å². The average Bonchev–Trinajstić information content (AvgIpc) is 3.47. The summed E-state index contributed by atoms with van der Waals surface area (Å²) in [6, 6.07) is 0. The van der Waals surface area contributed by atoms with Gasteiger partial charge in [-0.1, -0.05) is 290 Å². The first-order chi connectivity index (χ1) is 40.0. The summed E-state index contributed by atoms with van der Waals surface area (Å²) < 4.78 is 16.9. The van der Waals surface area contributed by atoms with E-state index in [2.05, 4.69) is 142 Å². The molecule has 0 amide bonds. The Bertz CT molecular complexity index is 1670. The Balaban J connectivity index is 4.38. The predicted octanol–water partition coefficient (Wildman–Crippen LogP) is 23.6. The fourth-order valence-electron chi connectivity index (χ4n) is 9.40. The molecule has 0 saturated carbocycles. The predicted molar refractivity (Wildman–Crippen MR) is 353 cm³/mol. The van der Waals surface area contributed by atoms with Crippen LogP contribution in [0.3, 0.4) is 0 Å². The van der Waals surface area contributed by atoms with Crippen LogP contribution >= 0.6 is 0 Å². The Labute approximate surface area is 501 Å². The Hall–Kier alpha value is -4.19. The summed E-state index contributed by atoms with van der Waals surface area (Å²) >= 11 is 0. The van der Waals surface area contributed by atoms with Crippen molar-refractivity contribution < 1.29 is 28.6 Å². The van der Waals surface area contributed by atoms with Gasteiger partial charge in [0.05, 0.1) is 0 Å². The number of hydrogen-bond donors (Lipinski definition) is 0. The minimum absolute atomic E-state index is 0.0959. The number of allylic oxidation sites excluding steroid dienone is 20. The highest BCUT2D eigenvalue weighted by molar-refractivity contribution is 5.71. The van der Waals surface area contributed by atoms with Crippen LogP contribution in [0.25, 0.3) is 0 Å². The molecule has 1 atom stereocenters. The van der Waals surface area contributed by atoms with Crippen molar-refractivity contribution in [2.45, 2.75) is 322 Å². The van der Waals surface area contributed by atoms with E-state index in [1.165, 1.54) is 148 Å². The standard InChI is InChI=1S/C75H126O6/c1-4-7-10-13-16-19-22-25-28-31-33-34-35-36-37-38-39-40-42-44-47-50-53-56-59-62-65-68-74(77)80-71-72(70-79-73(76)67-64-61-58-55-52-49-46-43-30-27-24-21-18-15-12-9-6-3)81-75(78)69-66-63-60-57-54-51-48-45-41-32-29-26-23-20-17-14-11-8-5-2/h8-9,11-12,17-18,20-22,25-27,29-31,33,41,45,51,54,72H,4-7,10,13-16,19,23-24,28,32,34-40,42-44,46-50,52-53,55-71H2,1-3H3/b11-8-,12-9-,20-17-,21-18-,25-22-,29-26-,30-27-,33-31-,45-41-,54-51-. The van der Waals surface area contributed by atoms with Crippen LogP contribution in [0.5, 0.6) is 0 Å². The average molecular weight is 1120 g/mol. The highest BCUT2D eigenvalue weighted by atomic mass is 16.6. The van der Waals surface area contributed by atoms with E-state index in [1.807, 2.05) is 0 Å². The molecule has 0 aliphatic rings. The van der Waals surface area contributed by atoms with Gasteiger partial charge >= 0.3 is 17.9 Å². The molecule has 0 aliphatic carbocycles. The molecular weight excluding hydrogens is 997 g/mol. The fraction of sp³-hybridized carbons (Fsp3) is 0.693. The van der Waals surface area contributed by atoms with Crippen LogP contribution in [0.4, 0.5) is 0 Å². The number of carbonyl (C=O) groups excluding carboxylic acids is 3. The summed E-state index contributed by atoms with van der Waals surface area (Å²) in [6.07, 6.45) is 95.0. The fourth-order valence-corrected chi connectivity index (χ4v) is 9.40. The molecule has 0 spiro atoms. The number of esters is 3. The summed E-state index contributed by atoms with van der Waals surface area (Å²) in [6.45, 7) is 6.40. The lowest BCUT2D eigenvalue weighted by atomic mass is 10.0. The quantitative estimate of drug-likeness (QED) is 0.0261. The smallest absolute Gasteiger partial charge is 0.306 e. The molecule has 81 heavy (non-hydrogen) atoms. The lowest BCUT2D eigenvalue weighted by Crippen LogP contribution is -2.30. The van der Waals surface area contributed by atoms with Gasteiger partial charge < -0.3 is 14.2 Å². The molecule has 0 aliphatic heterocycles. The second-order valence-corrected chi connectivity index (χ2v) is 22.3. The van der Waals surface area contributed by atoms with E-state index in [1.54, 1.807) is 0 Å². The topological polar surface area (TPSA) is 78.9 Å². The zero-order valence-electron chi connectivity index (χ0n) is 53.0. The zero-order chi connectivity index (χ0) is 58.5. The highest BCUT2D eigenvalue weighted by Gasteiger charge is 2.19. The molecule has 0 radical (unpaired) electrons. The van der Waals surface area contributed by atoms with E-state index < -0.39 is 6.10 Å².